The topological polar surface area (TPSA) is 35.2 Å². The van der Waals surface area contributed by atoms with Crippen molar-refractivity contribution < 1.29 is 4.74 Å². The van der Waals surface area contributed by atoms with Crippen LogP contribution in [0.2, 0.25) is 0 Å². The maximum atomic E-state index is 6.00. The minimum atomic E-state index is 0.850. The van der Waals surface area contributed by atoms with E-state index in [0.29, 0.717) is 0 Å². The highest BCUT2D eigenvalue weighted by Crippen LogP contribution is 2.29. The number of nitrogens with two attached hydrogens (primary N) is 1. The van der Waals surface area contributed by atoms with Crippen molar-refractivity contribution in [3.05, 3.63) is 53.6 Å². The minimum Gasteiger partial charge on any atom is -0.497 e. The first-order valence-corrected chi connectivity index (χ1v) is 6.79. The van der Waals surface area contributed by atoms with Gasteiger partial charge >= 0.3 is 0 Å². The first-order valence-electron chi connectivity index (χ1n) is 5.81. The molecule has 0 saturated carbocycles. The average Bonchev–Trinajstić information content (AvgIpc) is 2.38. The number of methoxy groups -OCH3 is 1. The molecule has 3 heteroatoms. The molecule has 0 unspecified atom stereocenters. The normalized spacial score (nSPS) is 10.3. The molecule has 0 fully saturated rings. The van der Waals surface area contributed by atoms with E-state index in [9.17, 15) is 0 Å². The van der Waals surface area contributed by atoms with E-state index in [1.54, 1.807) is 18.9 Å². The van der Waals surface area contributed by atoms with Crippen LogP contribution >= 0.6 is 11.8 Å². The lowest BCUT2D eigenvalue weighted by atomic mass is 10.2. The van der Waals surface area contributed by atoms with E-state index in [-0.39, 0.29) is 0 Å². The van der Waals surface area contributed by atoms with E-state index >= 15 is 0 Å². The second kappa shape index (κ2) is 5.83. The molecule has 2 nitrogen and oxygen atoms in total. The number of nitrogen functional groups attached to an aromatic ring is 1. The number of ether oxygens (including phenoxy) is 1. The largest absolute Gasteiger partial charge is 0.497 e. The number of thioether (sulfide) groups is 1. The minimum absolute atomic E-state index is 0.850. The van der Waals surface area contributed by atoms with Crippen molar-refractivity contribution in [3.8, 4) is 5.75 Å². The summed E-state index contributed by atoms with van der Waals surface area (Å²) in [6, 6.07) is 14.3. The molecule has 0 radical (unpaired) electrons. The molecule has 0 bridgehead atoms. The lowest BCUT2D eigenvalue weighted by molar-refractivity contribution is 0.414. The van der Waals surface area contributed by atoms with Gasteiger partial charge in [-0.25, -0.2) is 0 Å². The summed E-state index contributed by atoms with van der Waals surface area (Å²) in [7, 11) is 1.68. The maximum absolute atomic E-state index is 6.00. The van der Waals surface area contributed by atoms with Crippen molar-refractivity contribution in [2.24, 2.45) is 0 Å². The average molecular weight is 259 g/mol. The standard InChI is InChI=1S/C15H17NOS/c1-11-6-7-15(14(16)8-11)18-10-12-4-3-5-13(9-12)17-2/h3-9H,10,16H2,1-2H3. The molecule has 0 saturated heterocycles. The van der Waals surface area contributed by atoms with Gasteiger partial charge in [-0.15, -0.1) is 11.8 Å². The zero-order valence-corrected chi connectivity index (χ0v) is 11.5. The molecule has 0 amide bonds. The molecule has 0 aromatic heterocycles. The zero-order chi connectivity index (χ0) is 13.0. The summed E-state index contributed by atoms with van der Waals surface area (Å²) in [5, 5.41) is 0. The van der Waals surface area contributed by atoms with Crippen LogP contribution in [0.4, 0.5) is 5.69 Å². The molecule has 2 N–H and O–H groups in total. The third-order valence-corrected chi connectivity index (χ3v) is 3.85. The van der Waals surface area contributed by atoms with Gasteiger partial charge in [0.1, 0.15) is 5.75 Å². The first kappa shape index (κ1) is 12.8. The number of anilines is 1. The van der Waals surface area contributed by atoms with Crippen molar-refractivity contribution in [1.29, 1.82) is 0 Å². The van der Waals surface area contributed by atoms with Crippen LogP contribution in [-0.4, -0.2) is 7.11 Å². The van der Waals surface area contributed by atoms with E-state index in [4.69, 9.17) is 10.5 Å². The van der Waals surface area contributed by atoms with Crippen molar-refractivity contribution in [2.75, 3.05) is 12.8 Å². The van der Waals surface area contributed by atoms with Gasteiger partial charge in [0.15, 0.2) is 0 Å². The lowest BCUT2D eigenvalue weighted by Gasteiger charge is -2.07. The lowest BCUT2D eigenvalue weighted by Crippen LogP contribution is -1.90. The summed E-state index contributed by atoms with van der Waals surface area (Å²) < 4.78 is 5.21. The monoisotopic (exact) mass is 259 g/mol. The summed E-state index contributed by atoms with van der Waals surface area (Å²) in [6.07, 6.45) is 0. The number of aryl methyl sites for hydroxylation is 1. The number of hydrogen-bond donors (Lipinski definition) is 1. The maximum Gasteiger partial charge on any atom is 0.119 e. The Hall–Kier alpha value is -1.61. The van der Waals surface area contributed by atoms with Gasteiger partial charge in [0.05, 0.1) is 7.11 Å². The Morgan fingerprint density at radius 1 is 1.17 bits per heavy atom. The second-order valence-electron chi connectivity index (χ2n) is 4.18. The molecule has 0 aliphatic heterocycles. The van der Waals surface area contributed by atoms with E-state index in [0.717, 1.165) is 22.1 Å². The van der Waals surface area contributed by atoms with Crippen LogP contribution in [0.1, 0.15) is 11.1 Å². The molecule has 0 atom stereocenters. The van der Waals surface area contributed by atoms with Gasteiger partial charge in [-0.3, -0.25) is 0 Å². The molecule has 94 valence electrons. The molecule has 0 spiro atoms. The van der Waals surface area contributed by atoms with Crippen LogP contribution in [0.5, 0.6) is 5.75 Å². The predicted molar refractivity (Wildman–Crippen MR) is 78.1 cm³/mol. The summed E-state index contributed by atoms with van der Waals surface area (Å²) in [5.74, 6) is 1.79. The van der Waals surface area contributed by atoms with Gasteiger partial charge in [0.25, 0.3) is 0 Å². The summed E-state index contributed by atoms with van der Waals surface area (Å²) >= 11 is 1.75. The fourth-order valence-corrected chi connectivity index (χ4v) is 2.61. The third-order valence-electron chi connectivity index (χ3n) is 2.69. The van der Waals surface area contributed by atoms with Crippen molar-refractivity contribution in [3.63, 3.8) is 0 Å². The van der Waals surface area contributed by atoms with Crippen LogP contribution in [0, 0.1) is 6.92 Å². The molecular weight excluding hydrogens is 242 g/mol. The molecule has 0 aliphatic rings. The quantitative estimate of drug-likeness (QED) is 0.668. The molecule has 0 aliphatic carbocycles. The highest BCUT2D eigenvalue weighted by molar-refractivity contribution is 7.98. The third kappa shape index (κ3) is 3.20. The molecule has 2 aromatic rings. The SMILES string of the molecule is COc1cccc(CSc2ccc(C)cc2N)c1. The first-order chi connectivity index (χ1) is 8.69. The smallest absolute Gasteiger partial charge is 0.119 e. The Kier molecular flexibility index (Phi) is 4.15. The van der Waals surface area contributed by atoms with E-state index in [2.05, 4.69) is 24.3 Å². The molecule has 2 rings (SSSR count). The Labute approximate surface area is 112 Å². The summed E-state index contributed by atoms with van der Waals surface area (Å²) in [4.78, 5) is 1.13. The highest BCUT2D eigenvalue weighted by Gasteiger charge is 2.02. The number of benzene rings is 2. The Morgan fingerprint density at radius 3 is 2.72 bits per heavy atom. The number of hydrogen-bond acceptors (Lipinski definition) is 3. The summed E-state index contributed by atoms with van der Waals surface area (Å²) in [5.41, 5.74) is 9.27. The molecular formula is C15H17NOS. The fourth-order valence-electron chi connectivity index (χ4n) is 1.72. The van der Waals surface area contributed by atoms with Crippen molar-refractivity contribution in [1.82, 2.24) is 0 Å². The summed E-state index contributed by atoms with van der Waals surface area (Å²) in [6.45, 7) is 2.05. The van der Waals surface area contributed by atoms with Gasteiger partial charge in [0, 0.05) is 16.3 Å². The molecule has 18 heavy (non-hydrogen) atoms. The van der Waals surface area contributed by atoms with E-state index < -0.39 is 0 Å². The van der Waals surface area contributed by atoms with E-state index in [1.807, 2.05) is 25.1 Å². The van der Waals surface area contributed by atoms with Gasteiger partial charge in [0.2, 0.25) is 0 Å². The van der Waals surface area contributed by atoms with Gasteiger partial charge in [-0.05, 0) is 42.3 Å². The molecule has 2 aromatic carbocycles. The Bertz CT molecular complexity index is 540. The van der Waals surface area contributed by atoms with Gasteiger partial charge in [-0.1, -0.05) is 18.2 Å². The second-order valence-corrected chi connectivity index (χ2v) is 5.20. The van der Waals surface area contributed by atoms with Crippen molar-refractivity contribution in [2.45, 2.75) is 17.6 Å². The zero-order valence-electron chi connectivity index (χ0n) is 10.6. The van der Waals surface area contributed by atoms with Crippen LogP contribution in [-0.2, 0) is 5.75 Å². The number of rotatable bonds is 4. The van der Waals surface area contributed by atoms with Crippen LogP contribution in [0.25, 0.3) is 0 Å². The van der Waals surface area contributed by atoms with E-state index in [1.165, 1.54) is 11.1 Å². The fraction of sp³-hybridized carbons (Fsp3) is 0.200. The van der Waals surface area contributed by atoms with Crippen LogP contribution < -0.4 is 10.5 Å². The predicted octanol–water partition coefficient (Wildman–Crippen LogP) is 3.88. The highest BCUT2D eigenvalue weighted by atomic mass is 32.2. The van der Waals surface area contributed by atoms with Crippen molar-refractivity contribution >= 4 is 17.4 Å². The Balaban J connectivity index is 2.06. The molecule has 0 heterocycles. The van der Waals surface area contributed by atoms with Gasteiger partial charge < -0.3 is 10.5 Å². The van der Waals surface area contributed by atoms with Gasteiger partial charge in [-0.2, -0.15) is 0 Å². The Morgan fingerprint density at radius 2 is 2.00 bits per heavy atom. The van der Waals surface area contributed by atoms with Crippen LogP contribution in [0.3, 0.4) is 0 Å². The van der Waals surface area contributed by atoms with Crippen LogP contribution in [0.15, 0.2) is 47.4 Å².